The number of rotatable bonds is 6. The van der Waals surface area contributed by atoms with Crippen LogP contribution in [0.1, 0.15) is 25.1 Å². The van der Waals surface area contributed by atoms with Gasteiger partial charge in [0.25, 0.3) is 0 Å². The Morgan fingerprint density at radius 3 is 3.05 bits per heavy atom. The first-order valence-electron chi connectivity index (χ1n) is 6.66. The smallest absolute Gasteiger partial charge is 0.0700 e. The van der Waals surface area contributed by atoms with Crippen LogP contribution in [0, 0.1) is 5.92 Å². The molecule has 0 radical (unpaired) electrons. The van der Waals surface area contributed by atoms with Crippen LogP contribution >= 0.6 is 15.9 Å². The molecule has 0 aromatic carbocycles. The van der Waals surface area contributed by atoms with Gasteiger partial charge in [-0.1, -0.05) is 0 Å². The number of nitrogens with one attached hydrogen (secondary N) is 1. The van der Waals surface area contributed by atoms with Gasteiger partial charge in [-0.25, -0.2) is 0 Å². The molecule has 0 saturated carbocycles. The van der Waals surface area contributed by atoms with Crippen molar-refractivity contribution in [3.05, 3.63) is 16.4 Å². The van der Waals surface area contributed by atoms with Gasteiger partial charge in [-0.3, -0.25) is 4.68 Å². The quantitative estimate of drug-likeness (QED) is 0.865. The number of hydrogen-bond acceptors (Lipinski definition) is 4. The van der Waals surface area contributed by atoms with Crippen molar-refractivity contribution in [3.63, 3.8) is 0 Å². The summed E-state index contributed by atoms with van der Waals surface area (Å²) in [4.78, 5) is 0. The van der Waals surface area contributed by atoms with Gasteiger partial charge in [-0.05, 0) is 36.3 Å². The molecule has 1 fully saturated rings. The summed E-state index contributed by atoms with van der Waals surface area (Å²) in [5, 5.41) is 7.83. The first kappa shape index (κ1) is 15.0. The second-order valence-corrected chi connectivity index (χ2v) is 5.85. The van der Waals surface area contributed by atoms with Crippen LogP contribution in [-0.4, -0.2) is 43.3 Å². The molecule has 108 valence electrons. The Balaban J connectivity index is 2.19. The van der Waals surface area contributed by atoms with E-state index in [4.69, 9.17) is 9.47 Å². The minimum absolute atomic E-state index is 0.249. The predicted octanol–water partition coefficient (Wildman–Crippen LogP) is 1.98. The molecule has 2 heterocycles. The van der Waals surface area contributed by atoms with E-state index in [0.29, 0.717) is 18.6 Å². The molecule has 1 saturated heterocycles. The maximum atomic E-state index is 5.70. The fourth-order valence-electron chi connectivity index (χ4n) is 2.72. The third-order valence-corrected chi connectivity index (χ3v) is 4.26. The van der Waals surface area contributed by atoms with Crippen LogP contribution in [0.2, 0.25) is 0 Å². The molecular weight excluding hydrogens is 310 g/mol. The molecule has 0 aliphatic carbocycles. The summed E-state index contributed by atoms with van der Waals surface area (Å²) in [7, 11) is 3.70. The van der Waals surface area contributed by atoms with Crippen LogP contribution in [0.15, 0.2) is 10.7 Å². The molecule has 0 bridgehead atoms. The normalized spacial score (nSPS) is 24.8. The van der Waals surface area contributed by atoms with E-state index in [2.05, 4.69) is 33.3 Å². The first-order chi connectivity index (χ1) is 9.17. The molecular formula is C13H22BrN3O2. The number of aromatic nitrogens is 2. The Morgan fingerprint density at radius 2 is 2.47 bits per heavy atom. The van der Waals surface area contributed by atoms with Crippen molar-refractivity contribution in [2.45, 2.75) is 32.0 Å². The van der Waals surface area contributed by atoms with Crippen molar-refractivity contribution in [2.24, 2.45) is 5.92 Å². The average Bonchev–Trinajstić information content (AvgIpc) is 2.97. The van der Waals surface area contributed by atoms with Gasteiger partial charge >= 0.3 is 0 Å². The Morgan fingerprint density at radius 1 is 1.68 bits per heavy atom. The van der Waals surface area contributed by atoms with E-state index >= 15 is 0 Å². The maximum absolute atomic E-state index is 5.70. The Kier molecular flexibility index (Phi) is 5.38. The fraction of sp³-hybridized carbons (Fsp3) is 0.769. The highest BCUT2D eigenvalue weighted by Crippen LogP contribution is 2.34. The summed E-state index contributed by atoms with van der Waals surface area (Å²) >= 11 is 3.61. The highest BCUT2D eigenvalue weighted by atomic mass is 79.9. The van der Waals surface area contributed by atoms with Gasteiger partial charge in [-0.2, -0.15) is 5.10 Å². The van der Waals surface area contributed by atoms with E-state index in [-0.39, 0.29) is 6.04 Å². The van der Waals surface area contributed by atoms with Crippen LogP contribution in [0.4, 0.5) is 0 Å². The van der Waals surface area contributed by atoms with Crippen molar-refractivity contribution >= 4 is 15.9 Å². The Bertz CT molecular complexity index is 411. The second kappa shape index (κ2) is 6.83. The summed E-state index contributed by atoms with van der Waals surface area (Å²) in [6.45, 7) is 4.35. The zero-order chi connectivity index (χ0) is 13.8. The van der Waals surface area contributed by atoms with Crippen LogP contribution in [-0.2, 0) is 16.0 Å². The lowest BCUT2D eigenvalue weighted by molar-refractivity contribution is 0.116. The van der Waals surface area contributed by atoms with Crippen LogP contribution in [0.3, 0.4) is 0 Å². The molecule has 19 heavy (non-hydrogen) atoms. The van der Waals surface area contributed by atoms with E-state index in [0.717, 1.165) is 24.0 Å². The van der Waals surface area contributed by atoms with Gasteiger partial charge in [-0.15, -0.1) is 0 Å². The molecule has 1 aliphatic rings. The molecule has 5 nitrogen and oxygen atoms in total. The van der Waals surface area contributed by atoms with E-state index in [1.54, 1.807) is 7.11 Å². The lowest BCUT2D eigenvalue weighted by atomic mass is 9.94. The molecule has 1 N–H and O–H groups in total. The SMILES string of the molecule is CNC(c1c(Br)cnn1CCOC)C1COC(C)C1. The topological polar surface area (TPSA) is 48.3 Å². The summed E-state index contributed by atoms with van der Waals surface area (Å²) in [6, 6.07) is 0.249. The number of halogens is 1. The van der Waals surface area contributed by atoms with Gasteiger partial charge < -0.3 is 14.8 Å². The van der Waals surface area contributed by atoms with Gasteiger partial charge in [0.2, 0.25) is 0 Å². The van der Waals surface area contributed by atoms with E-state index in [1.165, 1.54) is 5.69 Å². The van der Waals surface area contributed by atoms with Gasteiger partial charge in [0.1, 0.15) is 0 Å². The maximum Gasteiger partial charge on any atom is 0.0700 e. The molecule has 0 spiro atoms. The molecule has 0 amide bonds. The minimum atomic E-state index is 0.249. The lowest BCUT2D eigenvalue weighted by Gasteiger charge is -2.23. The zero-order valence-corrected chi connectivity index (χ0v) is 13.3. The van der Waals surface area contributed by atoms with Crippen molar-refractivity contribution in [1.29, 1.82) is 0 Å². The van der Waals surface area contributed by atoms with E-state index in [9.17, 15) is 0 Å². The highest BCUT2D eigenvalue weighted by molar-refractivity contribution is 9.10. The molecule has 6 heteroatoms. The van der Waals surface area contributed by atoms with Crippen molar-refractivity contribution in [1.82, 2.24) is 15.1 Å². The number of nitrogens with zero attached hydrogens (tertiary/aromatic N) is 2. The number of hydrogen-bond donors (Lipinski definition) is 1. The van der Waals surface area contributed by atoms with E-state index in [1.807, 2.05) is 17.9 Å². The summed E-state index contributed by atoms with van der Waals surface area (Å²) in [5.74, 6) is 0.481. The van der Waals surface area contributed by atoms with Gasteiger partial charge in [0, 0.05) is 13.0 Å². The molecule has 1 aromatic heterocycles. The van der Waals surface area contributed by atoms with E-state index < -0.39 is 0 Å². The molecule has 3 unspecified atom stereocenters. The number of ether oxygens (including phenoxy) is 2. The average molecular weight is 332 g/mol. The van der Waals surface area contributed by atoms with Gasteiger partial charge in [0.15, 0.2) is 0 Å². The summed E-state index contributed by atoms with van der Waals surface area (Å²) in [5.41, 5.74) is 1.18. The Labute approximate surface area is 122 Å². The largest absolute Gasteiger partial charge is 0.383 e. The molecule has 1 aromatic rings. The van der Waals surface area contributed by atoms with Crippen molar-refractivity contribution in [2.75, 3.05) is 27.4 Å². The second-order valence-electron chi connectivity index (χ2n) is 5.00. The van der Waals surface area contributed by atoms with Crippen LogP contribution in [0.5, 0.6) is 0 Å². The summed E-state index contributed by atoms with van der Waals surface area (Å²) in [6.07, 6.45) is 3.28. The third kappa shape index (κ3) is 3.37. The Hall–Kier alpha value is -0.430. The van der Waals surface area contributed by atoms with Gasteiger partial charge in [0.05, 0.1) is 48.3 Å². The van der Waals surface area contributed by atoms with Crippen LogP contribution < -0.4 is 5.32 Å². The molecule has 3 atom stereocenters. The monoisotopic (exact) mass is 331 g/mol. The molecule has 2 rings (SSSR count). The van der Waals surface area contributed by atoms with Crippen molar-refractivity contribution < 1.29 is 9.47 Å². The van der Waals surface area contributed by atoms with Crippen LogP contribution in [0.25, 0.3) is 0 Å². The first-order valence-corrected chi connectivity index (χ1v) is 7.45. The lowest BCUT2D eigenvalue weighted by Crippen LogP contribution is -2.29. The minimum Gasteiger partial charge on any atom is -0.383 e. The highest BCUT2D eigenvalue weighted by Gasteiger charge is 2.32. The zero-order valence-electron chi connectivity index (χ0n) is 11.7. The summed E-state index contributed by atoms with van der Waals surface area (Å²) < 4.78 is 13.9. The standard InChI is InChI=1S/C13H22BrN3O2/c1-9-6-10(8-19-9)12(15-2)13-11(14)7-16-17(13)4-5-18-3/h7,9-10,12,15H,4-6,8H2,1-3H3. The number of methoxy groups -OCH3 is 1. The predicted molar refractivity (Wildman–Crippen MR) is 77.1 cm³/mol. The molecule has 1 aliphatic heterocycles. The third-order valence-electron chi connectivity index (χ3n) is 3.65. The van der Waals surface area contributed by atoms with Crippen molar-refractivity contribution in [3.8, 4) is 0 Å². The fourth-order valence-corrected chi connectivity index (χ4v) is 3.26.